The number of hydrogen-bond donors (Lipinski definition) is 1. The van der Waals surface area contributed by atoms with Crippen LogP contribution in [-0.2, 0) is 0 Å². The molecule has 0 amide bonds. The Morgan fingerprint density at radius 2 is 2.38 bits per heavy atom. The van der Waals surface area contributed by atoms with Crippen LogP contribution in [0.25, 0.3) is 5.52 Å². The first kappa shape index (κ1) is 8.07. The minimum absolute atomic E-state index is 0.0301. The number of carbonyl (C=O) groups is 1. The fourth-order valence-corrected chi connectivity index (χ4v) is 1.36. The second-order valence-electron chi connectivity index (χ2n) is 2.50. The van der Waals surface area contributed by atoms with Gasteiger partial charge >= 0.3 is 5.97 Å². The first-order valence-corrected chi connectivity index (χ1v) is 3.93. The van der Waals surface area contributed by atoms with E-state index in [1.807, 2.05) is 0 Å². The van der Waals surface area contributed by atoms with Gasteiger partial charge in [0.1, 0.15) is 0 Å². The highest BCUT2D eigenvalue weighted by Gasteiger charge is 2.11. The van der Waals surface area contributed by atoms with Crippen LogP contribution in [0.5, 0.6) is 0 Å². The first-order chi connectivity index (χ1) is 6.20. The zero-order valence-corrected chi connectivity index (χ0v) is 7.19. The molecule has 1 N–H and O–H groups in total. The molecule has 0 spiro atoms. The lowest BCUT2D eigenvalue weighted by atomic mass is 10.4. The molecule has 4 nitrogen and oxygen atoms in total. The average Bonchev–Trinajstić information content (AvgIpc) is 2.48. The monoisotopic (exact) mass is 196 g/mol. The van der Waals surface area contributed by atoms with Gasteiger partial charge in [0.15, 0.2) is 0 Å². The van der Waals surface area contributed by atoms with Gasteiger partial charge in [-0.25, -0.2) is 9.78 Å². The summed E-state index contributed by atoms with van der Waals surface area (Å²) in [6.45, 7) is 0. The molecular weight excluding hydrogens is 192 g/mol. The third-order valence-electron chi connectivity index (χ3n) is 1.71. The molecule has 0 saturated heterocycles. The van der Waals surface area contributed by atoms with Crippen LogP contribution in [-0.4, -0.2) is 20.5 Å². The van der Waals surface area contributed by atoms with Gasteiger partial charge in [-0.3, -0.25) is 4.40 Å². The van der Waals surface area contributed by atoms with Crippen LogP contribution < -0.4 is 0 Å². The van der Waals surface area contributed by atoms with Gasteiger partial charge in [-0.1, -0.05) is 11.6 Å². The molecule has 13 heavy (non-hydrogen) atoms. The molecule has 0 unspecified atom stereocenters. The van der Waals surface area contributed by atoms with E-state index in [1.165, 1.54) is 10.6 Å². The van der Waals surface area contributed by atoms with Crippen molar-refractivity contribution in [2.24, 2.45) is 0 Å². The Balaban J connectivity index is 2.83. The van der Waals surface area contributed by atoms with E-state index in [1.54, 1.807) is 18.3 Å². The van der Waals surface area contributed by atoms with E-state index < -0.39 is 5.97 Å². The van der Waals surface area contributed by atoms with Crippen molar-refractivity contribution in [2.45, 2.75) is 0 Å². The SMILES string of the molecule is O=C(O)c1ncc2c(Cl)cccn12. The molecule has 0 atom stereocenters. The van der Waals surface area contributed by atoms with Gasteiger partial charge in [0, 0.05) is 6.20 Å². The predicted octanol–water partition coefficient (Wildman–Crippen LogP) is 1.69. The van der Waals surface area contributed by atoms with E-state index in [0.717, 1.165) is 0 Å². The average molecular weight is 197 g/mol. The molecule has 2 heterocycles. The number of aromatic nitrogens is 2. The molecule has 2 aromatic rings. The molecule has 0 aliphatic rings. The fraction of sp³-hybridized carbons (Fsp3) is 0. The summed E-state index contributed by atoms with van der Waals surface area (Å²) < 4.78 is 1.44. The summed E-state index contributed by atoms with van der Waals surface area (Å²) in [7, 11) is 0. The molecule has 0 bridgehead atoms. The first-order valence-electron chi connectivity index (χ1n) is 3.55. The Hall–Kier alpha value is -1.55. The standard InChI is InChI=1S/C8H5ClN2O2/c9-5-2-1-3-11-6(5)4-10-7(11)8(12)13/h1-4H,(H,12,13). The summed E-state index contributed by atoms with van der Waals surface area (Å²) in [5.41, 5.74) is 0.599. The van der Waals surface area contributed by atoms with Gasteiger partial charge in [-0.15, -0.1) is 0 Å². The Labute approximate surface area is 78.4 Å². The maximum atomic E-state index is 10.7. The molecule has 0 aromatic carbocycles. The summed E-state index contributed by atoms with van der Waals surface area (Å²) in [6.07, 6.45) is 3.05. The molecule has 0 radical (unpaired) electrons. The zero-order valence-electron chi connectivity index (χ0n) is 6.44. The van der Waals surface area contributed by atoms with Crippen molar-refractivity contribution in [2.75, 3.05) is 0 Å². The highest BCUT2D eigenvalue weighted by atomic mass is 35.5. The van der Waals surface area contributed by atoms with Gasteiger partial charge in [-0.2, -0.15) is 0 Å². The van der Waals surface area contributed by atoms with Crippen molar-refractivity contribution in [1.82, 2.24) is 9.38 Å². The lowest BCUT2D eigenvalue weighted by molar-refractivity contribution is 0.0683. The van der Waals surface area contributed by atoms with E-state index in [-0.39, 0.29) is 5.82 Å². The minimum atomic E-state index is -1.07. The zero-order chi connectivity index (χ0) is 9.42. The van der Waals surface area contributed by atoms with Crippen LogP contribution in [0.4, 0.5) is 0 Å². The van der Waals surface area contributed by atoms with Gasteiger partial charge < -0.3 is 5.11 Å². The van der Waals surface area contributed by atoms with Gasteiger partial charge in [-0.05, 0) is 12.1 Å². The van der Waals surface area contributed by atoms with Crippen LogP contribution in [0.15, 0.2) is 24.5 Å². The highest BCUT2D eigenvalue weighted by molar-refractivity contribution is 6.33. The van der Waals surface area contributed by atoms with Crippen molar-refractivity contribution in [3.63, 3.8) is 0 Å². The van der Waals surface area contributed by atoms with Crippen LogP contribution in [0, 0.1) is 0 Å². The highest BCUT2D eigenvalue weighted by Crippen LogP contribution is 2.17. The summed E-state index contributed by atoms with van der Waals surface area (Å²) in [5, 5.41) is 9.22. The molecule has 66 valence electrons. The second-order valence-corrected chi connectivity index (χ2v) is 2.91. The maximum absolute atomic E-state index is 10.7. The minimum Gasteiger partial charge on any atom is -0.475 e. The van der Waals surface area contributed by atoms with Gasteiger partial charge in [0.25, 0.3) is 0 Å². The largest absolute Gasteiger partial charge is 0.475 e. The number of halogens is 1. The number of nitrogens with zero attached hydrogens (tertiary/aromatic N) is 2. The third-order valence-corrected chi connectivity index (χ3v) is 2.03. The third kappa shape index (κ3) is 1.15. The Morgan fingerprint density at radius 1 is 1.62 bits per heavy atom. The van der Waals surface area contributed by atoms with E-state index >= 15 is 0 Å². The van der Waals surface area contributed by atoms with E-state index in [0.29, 0.717) is 10.5 Å². The topological polar surface area (TPSA) is 54.6 Å². The quantitative estimate of drug-likeness (QED) is 0.755. The Bertz CT molecular complexity index is 478. The van der Waals surface area contributed by atoms with Gasteiger partial charge in [0.05, 0.1) is 16.7 Å². The van der Waals surface area contributed by atoms with Crippen LogP contribution in [0.2, 0.25) is 5.02 Å². The number of aromatic carboxylic acids is 1. The normalized spacial score (nSPS) is 10.5. The lowest BCUT2D eigenvalue weighted by Crippen LogP contribution is -2.02. The van der Waals surface area contributed by atoms with E-state index in [2.05, 4.69) is 4.98 Å². The molecule has 5 heteroatoms. The van der Waals surface area contributed by atoms with Crippen LogP contribution >= 0.6 is 11.6 Å². The molecule has 0 saturated carbocycles. The number of hydrogen-bond acceptors (Lipinski definition) is 2. The summed E-state index contributed by atoms with van der Waals surface area (Å²) in [5.74, 6) is -1.10. The molecule has 0 aliphatic heterocycles. The predicted molar refractivity (Wildman–Crippen MR) is 47.2 cm³/mol. The van der Waals surface area contributed by atoms with Crippen molar-refractivity contribution >= 4 is 23.1 Å². The summed E-state index contributed by atoms with van der Waals surface area (Å²) >= 11 is 5.82. The number of fused-ring (bicyclic) bond motifs is 1. The maximum Gasteiger partial charge on any atom is 0.372 e. The Kier molecular flexibility index (Phi) is 1.70. The van der Waals surface area contributed by atoms with E-state index in [9.17, 15) is 4.79 Å². The number of pyridine rings is 1. The summed E-state index contributed by atoms with van der Waals surface area (Å²) in [4.78, 5) is 14.4. The molecule has 2 rings (SSSR count). The molecule has 2 aromatic heterocycles. The summed E-state index contributed by atoms with van der Waals surface area (Å²) in [6, 6.07) is 3.35. The van der Waals surface area contributed by atoms with Crippen molar-refractivity contribution < 1.29 is 9.90 Å². The number of carboxylic acid groups (broad SMARTS) is 1. The van der Waals surface area contributed by atoms with E-state index in [4.69, 9.17) is 16.7 Å². The smallest absolute Gasteiger partial charge is 0.372 e. The molecule has 0 aliphatic carbocycles. The van der Waals surface area contributed by atoms with Gasteiger partial charge in [0.2, 0.25) is 5.82 Å². The Morgan fingerprint density at radius 3 is 3.08 bits per heavy atom. The van der Waals surface area contributed by atoms with Crippen LogP contribution in [0.1, 0.15) is 10.6 Å². The fourth-order valence-electron chi connectivity index (χ4n) is 1.15. The number of rotatable bonds is 1. The second kappa shape index (κ2) is 2.74. The number of imidazole rings is 1. The van der Waals surface area contributed by atoms with Crippen molar-refractivity contribution in [1.29, 1.82) is 0 Å². The molecular formula is C8H5ClN2O2. The van der Waals surface area contributed by atoms with Crippen LogP contribution in [0.3, 0.4) is 0 Å². The van der Waals surface area contributed by atoms with Crippen molar-refractivity contribution in [3.05, 3.63) is 35.4 Å². The lowest BCUT2D eigenvalue weighted by Gasteiger charge is -1.96. The molecule has 0 fully saturated rings. The number of carboxylic acids is 1. The van der Waals surface area contributed by atoms with Crippen molar-refractivity contribution in [3.8, 4) is 0 Å².